The molecule has 0 radical (unpaired) electrons. The summed E-state index contributed by atoms with van der Waals surface area (Å²) in [5, 5.41) is 0. The lowest BCUT2D eigenvalue weighted by Crippen LogP contribution is -2.29. The van der Waals surface area contributed by atoms with Crippen LogP contribution in [0.3, 0.4) is 0 Å². The summed E-state index contributed by atoms with van der Waals surface area (Å²) in [6.07, 6.45) is -2.42. The van der Waals surface area contributed by atoms with Crippen molar-refractivity contribution in [3.63, 3.8) is 0 Å². The summed E-state index contributed by atoms with van der Waals surface area (Å²) < 4.78 is 37.1. The van der Waals surface area contributed by atoms with Gasteiger partial charge >= 0.3 is 11.9 Å². The van der Waals surface area contributed by atoms with E-state index < -0.39 is 11.7 Å². The Balaban J connectivity index is 3.04. The molecule has 92 valence electrons. The normalized spacial score (nSPS) is 18.1. The lowest BCUT2D eigenvalue weighted by Gasteiger charge is -2.20. The molecule has 6 heteroatoms. The lowest BCUT2D eigenvalue weighted by molar-refractivity contribution is -0.117. The molecular weight excluding hydrogens is 233 g/mol. The average molecular weight is 245 g/mol. The number of rotatable bonds is 2. The molecule has 0 aliphatic carbocycles. The largest absolute Gasteiger partial charge is 0.412 e. The van der Waals surface area contributed by atoms with Crippen LogP contribution in [0, 0.1) is 6.57 Å². The van der Waals surface area contributed by atoms with Crippen LogP contribution in [0.1, 0.15) is 13.3 Å². The van der Waals surface area contributed by atoms with Gasteiger partial charge in [-0.1, -0.05) is 0 Å². The van der Waals surface area contributed by atoms with Gasteiger partial charge in [0.25, 0.3) is 6.57 Å². The van der Waals surface area contributed by atoms with E-state index in [2.05, 4.69) is 4.85 Å². The molecule has 0 atom stereocenters. The van der Waals surface area contributed by atoms with Crippen molar-refractivity contribution >= 4 is 6.41 Å². The highest BCUT2D eigenvalue weighted by Crippen LogP contribution is 2.28. The Kier molecular flexibility index (Phi) is 3.94. The number of hydrogen-bond acceptors (Lipinski definition) is 1. The zero-order valence-corrected chi connectivity index (χ0v) is 9.29. The van der Waals surface area contributed by atoms with E-state index in [1.54, 1.807) is 0 Å². The van der Waals surface area contributed by atoms with Crippen molar-refractivity contribution < 1.29 is 18.0 Å². The third-order valence-electron chi connectivity index (χ3n) is 2.52. The fraction of sp³-hybridized carbons (Fsp3) is 0.455. The van der Waals surface area contributed by atoms with Crippen molar-refractivity contribution in [2.75, 3.05) is 13.1 Å². The Morgan fingerprint density at radius 1 is 1.53 bits per heavy atom. The van der Waals surface area contributed by atoms with E-state index in [1.165, 1.54) is 4.90 Å². The Hall–Kier alpha value is -1.77. The molecule has 0 unspecified atom stereocenters. The molecule has 1 aliphatic rings. The smallest absolute Gasteiger partial charge is 0.340 e. The third-order valence-corrected chi connectivity index (χ3v) is 2.52. The number of carbonyl (C=O) groups excluding carboxylic acids is 1. The molecule has 17 heavy (non-hydrogen) atoms. The van der Waals surface area contributed by atoms with Gasteiger partial charge in [-0.2, -0.15) is 13.2 Å². The molecule has 1 heterocycles. The monoisotopic (exact) mass is 245 g/mol. The molecule has 0 bridgehead atoms. The van der Waals surface area contributed by atoms with Gasteiger partial charge < -0.3 is 4.90 Å². The van der Waals surface area contributed by atoms with E-state index in [4.69, 9.17) is 6.57 Å². The predicted octanol–water partition coefficient (Wildman–Crippen LogP) is 2.57. The topological polar surface area (TPSA) is 24.7 Å². The van der Waals surface area contributed by atoms with Gasteiger partial charge in [-0.05, 0) is 17.8 Å². The first-order valence-electron chi connectivity index (χ1n) is 4.96. The van der Waals surface area contributed by atoms with Gasteiger partial charge in [0.1, 0.15) is 0 Å². The van der Waals surface area contributed by atoms with Crippen LogP contribution in [0.5, 0.6) is 0 Å². The Labute approximate surface area is 97.0 Å². The number of amides is 1. The SMILES string of the molecule is C#[N+]C1=C(C=C(C)C(F)(F)F)CN(C=O)CC1. The summed E-state index contributed by atoms with van der Waals surface area (Å²) in [5.41, 5.74) is 0.00812. The molecule has 3 nitrogen and oxygen atoms in total. The molecule has 0 saturated carbocycles. The minimum absolute atomic E-state index is 0.104. The third kappa shape index (κ3) is 3.34. The van der Waals surface area contributed by atoms with Crippen molar-refractivity contribution in [3.8, 4) is 6.57 Å². The van der Waals surface area contributed by atoms with Crippen molar-refractivity contribution in [1.82, 2.24) is 4.90 Å². The number of halogens is 3. The Morgan fingerprint density at radius 2 is 2.18 bits per heavy atom. The van der Waals surface area contributed by atoms with Crippen molar-refractivity contribution in [2.45, 2.75) is 19.5 Å². The molecule has 0 aromatic heterocycles. The number of hydrogen-bond donors (Lipinski definition) is 0. The highest BCUT2D eigenvalue weighted by Gasteiger charge is 2.32. The van der Waals surface area contributed by atoms with Crippen molar-refractivity contribution in [2.24, 2.45) is 0 Å². The molecular formula is C11H12F3N2O+. The van der Waals surface area contributed by atoms with Crippen LogP contribution in [0.25, 0.3) is 4.85 Å². The summed E-state index contributed by atoms with van der Waals surface area (Å²) in [6.45, 7) is 6.61. The van der Waals surface area contributed by atoms with Crippen LogP contribution in [0.15, 0.2) is 22.9 Å². The molecule has 1 aliphatic heterocycles. The molecule has 0 aromatic rings. The van der Waals surface area contributed by atoms with Crippen molar-refractivity contribution in [1.29, 1.82) is 0 Å². The molecule has 0 aromatic carbocycles. The predicted molar refractivity (Wildman–Crippen MR) is 57.4 cm³/mol. The van der Waals surface area contributed by atoms with Crippen molar-refractivity contribution in [3.05, 3.63) is 27.8 Å². The first-order valence-corrected chi connectivity index (χ1v) is 4.96. The van der Waals surface area contributed by atoms with E-state index in [0.717, 1.165) is 13.0 Å². The molecule has 1 amide bonds. The van der Waals surface area contributed by atoms with Crippen LogP contribution >= 0.6 is 0 Å². The molecule has 0 spiro atoms. The zero-order chi connectivity index (χ0) is 13.1. The van der Waals surface area contributed by atoms with Gasteiger partial charge in [0.15, 0.2) is 0 Å². The average Bonchev–Trinajstić information content (AvgIpc) is 2.27. The summed E-state index contributed by atoms with van der Waals surface area (Å²) in [5.74, 6) is 0. The zero-order valence-electron chi connectivity index (χ0n) is 9.29. The highest BCUT2D eigenvalue weighted by atomic mass is 19.4. The second kappa shape index (κ2) is 5.04. The minimum atomic E-state index is -4.38. The van der Waals surface area contributed by atoms with E-state index >= 15 is 0 Å². The maximum absolute atomic E-state index is 12.4. The summed E-state index contributed by atoms with van der Waals surface area (Å²) in [6, 6.07) is 0. The van der Waals surface area contributed by atoms with Crippen LogP contribution in [-0.4, -0.2) is 30.6 Å². The van der Waals surface area contributed by atoms with Crippen LogP contribution in [-0.2, 0) is 4.79 Å². The second-order valence-corrected chi connectivity index (χ2v) is 3.75. The molecule has 0 fully saturated rings. The first-order chi connectivity index (χ1) is 7.88. The van der Waals surface area contributed by atoms with E-state index in [0.29, 0.717) is 30.6 Å². The van der Waals surface area contributed by atoms with Gasteiger partial charge in [-0.3, -0.25) is 4.79 Å². The molecule has 0 N–H and O–H groups in total. The standard InChI is InChI=1S/C11H12F3N2O/c1-8(11(12,13)14)5-9-6-16(7-17)4-3-10(9)15-2/h2,5,7H,3-4,6H2,1H3/q+1. The number of nitrogens with zero attached hydrogens (tertiary/aromatic N) is 2. The molecule has 0 saturated heterocycles. The minimum Gasteiger partial charge on any atom is -0.340 e. The van der Waals surface area contributed by atoms with Crippen LogP contribution in [0.4, 0.5) is 13.2 Å². The van der Waals surface area contributed by atoms with Gasteiger partial charge in [0.05, 0.1) is 18.5 Å². The highest BCUT2D eigenvalue weighted by molar-refractivity contribution is 5.51. The van der Waals surface area contributed by atoms with Crippen LogP contribution < -0.4 is 0 Å². The van der Waals surface area contributed by atoms with E-state index in [1.807, 2.05) is 0 Å². The van der Waals surface area contributed by atoms with Gasteiger partial charge in [0.2, 0.25) is 6.41 Å². The maximum Gasteiger partial charge on any atom is 0.412 e. The van der Waals surface area contributed by atoms with Gasteiger partial charge in [0, 0.05) is 12.1 Å². The van der Waals surface area contributed by atoms with E-state index in [-0.39, 0.29) is 6.54 Å². The quantitative estimate of drug-likeness (QED) is 0.686. The first kappa shape index (κ1) is 13.3. The van der Waals surface area contributed by atoms with Gasteiger partial charge in [-0.15, -0.1) is 0 Å². The Morgan fingerprint density at radius 3 is 2.65 bits per heavy atom. The summed E-state index contributed by atoms with van der Waals surface area (Å²) >= 11 is 0. The maximum atomic E-state index is 12.4. The van der Waals surface area contributed by atoms with Gasteiger partial charge in [-0.25, -0.2) is 0 Å². The number of carbonyl (C=O) groups is 1. The lowest BCUT2D eigenvalue weighted by atomic mass is 10.0. The number of allylic oxidation sites excluding steroid dienone is 1. The van der Waals surface area contributed by atoms with Crippen LogP contribution in [0.2, 0.25) is 0 Å². The Bertz CT molecular complexity index is 415. The van der Waals surface area contributed by atoms with E-state index in [9.17, 15) is 18.0 Å². The summed E-state index contributed by atoms with van der Waals surface area (Å²) in [4.78, 5) is 15.4. The fourth-order valence-electron chi connectivity index (χ4n) is 1.51. The fourth-order valence-corrected chi connectivity index (χ4v) is 1.51. The number of alkyl halides is 3. The summed E-state index contributed by atoms with van der Waals surface area (Å²) in [7, 11) is 0. The second-order valence-electron chi connectivity index (χ2n) is 3.75. The molecule has 1 rings (SSSR count).